The second-order valence-electron chi connectivity index (χ2n) is 2.36. The maximum Gasteiger partial charge on any atom is 0.320 e. The first-order chi connectivity index (χ1) is 5.07. The van der Waals surface area contributed by atoms with Gasteiger partial charge in [-0.15, -0.1) is 0 Å². The van der Waals surface area contributed by atoms with Crippen LogP contribution >= 0.6 is 0 Å². The van der Waals surface area contributed by atoms with Crippen molar-refractivity contribution in [2.45, 2.75) is 25.1 Å². The summed E-state index contributed by atoms with van der Waals surface area (Å²) in [6.45, 7) is -0.0770. The van der Waals surface area contributed by atoms with E-state index in [9.17, 15) is 9.18 Å². The van der Waals surface area contributed by atoms with E-state index in [2.05, 4.69) is 0 Å². The van der Waals surface area contributed by atoms with Gasteiger partial charge in [0.2, 0.25) is 0 Å². The zero-order valence-corrected chi connectivity index (χ0v) is 6.16. The molecule has 0 radical (unpaired) electrons. The molecule has 5 heteroatoms. The molecule has 0 fully saturated rings. The summed E-state index contributed by atoms with van der Waals surface area (Å²) in [6.07, 6.45) is -0.891. The largest absolute Gasteiger partial charge is 0.480 e. The van der Waals surface area contributed by atoms with E-state index in [1.165, 1.54) is 0 Å². The van der Waals surface area contributed by atoms with Crippen LogP contribution in [0, 0.1) is 0 Å². The molecule has 11 heavy (non-hydrogen) atoms. The highest BCUT2D eigenvalue weighted by atomic mass is 19.1. The number of carboxylic acid groups (broad SMARTS) is 1. The Labute approximate surface area is 64.4 Å². The smallest absolute Gasteiger partial charge is 0.320 e. The Morgan fingerprint density at radius 1 is 1.55 bits per heavy atom. The van der Waals surface area contributed by atoms with Gasteiger partial charge in [-0.05, 0) is 12.8 Å². The average molecular weight is 164 g/mol. The molecule has 66 valence electrons. The number of halogens is 1. The van der Waals surface area contributed by atoms with Crippen LogP contribution in [-0.2, 0) is 4.79 Å². The Balaban J connectivity index is 3.45. The Kier molecular flexibility index (Phi) is 4.72. The molecule has 0 rings (SSSR count). The van der Waals surface area contributed by atoms with Crippen molar-refractivity contribution in [3.05, 3.63) is 0 Å². The lowest BCUT2D eigenvalue weighted by atomic mass is 10.1. The molecular formula is C6H13FN2O2. The van der Waals surface area contributed by atoms with Gasteiger partial charge in [0.25, 0.3) is 0 Å². The molecule has 0 bridgehead atoms. The molecule has 0 spiro atoms. The molecule has 0 aliphatic heterocycles. The lowest BCUT2D eigenvalue weighted by Gasteiger charge is -2.07. The normalized spacial score (nSPS) is 15.9. The number of hydrogen-bond donors (Lipinski definition) is 3. The van der Waals surface area contributed by atoms with E-state index >= 15 is 0 Å². The van der Waals surface area contributed by atoms with Gasteiger partial charge in [-0.25, -0.2) is 4.39 Å². The minimum Gasteiger partial charge on any atom is -0.480 e. The molecule has 4 nitrogen and oxygen atoms in total. The fraction of sp³-hybridized carbons (Fsp3) is 0.833. The van der Waals surface area contributed by atoms with Gasteiger partial charge in [0, 0.05) is 6.54 Å². The molecular weight excluding hydrogens is 151 g/mol. The number of aliphatic carboxylic acids is 1. The van der Waals surface area contributed by atoms with Crippen molar-refractivity contribution in [2.75, 3.05) is 6.54 Å². The van der Waals surface area contributed by atoms with Gasteiger partial charge in [-0.2, -0.15) is 0 Å². The highest BCUT2D eigenvalue weighted by Crippen LogP contribution is 2.02. The van der Waals surface area contributed by atoms with E-state index in [0.29, 0.717) is 0 Å². The summed E-state index contributed by atoms with van der Waals surface area (Å²) in [5, 5.41) is 8.29. The van der Waals surface area contributed by atoms with Crippen molar-refractivity contribution in [2.24, 2.45) is 11.5 Å². The Morgan fingerprint density at radius 2 is 2.09 bits per heavy atom. The standard InChI is InChI=1S/C6H13FN2O2/c7-4(3-8)1-2-5(9)6(10)11/h4-5H,1-3,8-9H2,(H,10,11). The number of alkyl halides is 1. The van der Waals surface area contributed by atoms with Crippen LogP contribution in [0.2, 0.25) is 0 Å². The van der Waals surface area contributed by atoms with Crippen LogP contribution in [0.3, 0.4) is 0 Å². The molecule has 0 saturated heterocycles. The van der Waals surface area contributed by atoms with Crippen LogP contribution in [0.1, 0.15) is 12.8 Å². The van der Waals surface area contributed by atoms with Crippen molar-refractivity contribution in [1.82, 2.24) is 0 Å². The fourth-order valence-electron chi connectivity index (χ4n) is 0.602. The molecule has 0 aliphatic rings. The van der Waals surface area contributed by atoms with Crippen LogP contribution in [0.4, 0.5) is 4.39 Å². The molecule has 0 amide bonds. The minimum absolute atomic E-state index is 0.0770. The topological polar surface area (TPSA) is 89.3 Å². The second kappa shape index (κ2) is 5.03. The average Bonchev–Trinajstić information content (AvgIpc) is 1.99. The Hall–Kier alpha value is -0.680. The third-order valence-corrected chi connectivity index (χ3v) is 1.36. The molecule has 0 aromatic carbocycles. The maximum absolute atomic E-state index is 12.4. The molecule has 5 N–H and O–H groups in total. The first-order valence-corrected chi connectivity index (χ1v) is 3.40. The van der Waals surface area contributed by atoms with Crippen molar-refractivity contribution < 1.29 is 14.3 Å². The van der Waals surface area contributed by atoms with Gasteiger partial charge >= 0.3 is 5.97 Å². The molecule has 2 unspecified atom stereocenters. The van der Waals surface area contributed by atoms with Crippen molar-refractivity contribution in [1.29, 1.82) is 0 Å². The van der Waals surface area contributed by atoms with Crippen molar-refractivity contribution in [3.8, 4) is 0 Å². The van der Waals surface area contributed by atoms with E-state index in [0.717, 1.165) is 0 Å². The predicted octanol–water partition coefficient (Wildman–Crippen LogP) is -0.525. The van der Waals surface area contributed by atoms with Crippen LogP contribution in [0.25, 0.3) is 0 Å². The SMILES string of the molecule is NCC(F)CCC(N)C(=O)O. The number of carboxylic acids is 1. The number of nitrogens with two attached hydrogens (primary N) is 2. The predicted molar refractivity (Wildman–Crippen MR) is 38.8 cm³/mol. The summed E-state index contributed by atoms with van der Waals surface area (Å²) < 4.78 is 12.4. The van der Waals surface area contributed by atoms with Crippen LogP contribution in [0.5, 0.6) is 0 Å². The summed E-state index contributed by atoms with van der Waals surface area (Å²) in [4.78, 5) is 10.1. The van der Waals surface area contributed by atoms with Crippen LogP contribution in [0.15, 0.2) is 0 Å². The van der Waals surface area contributed by atoms with Gasteiger partial charge in [0.05, 0.1) is 0 Å². The van der Waals surface area contributed by atoms with E-state index in [4.69, 9.17) is 16.6 Å². The Morgan fingerprint density at radius 3 is 2.45 bits per heavy atom. The highest BCUT2D eigenvalue weighted by molar-refractivity contribution is 5.72. The van der Waals surface area contributed by atoms with Gasteiger partial charge in [0.1, 0.15) is 12.2 Å². The number of rotatable bonds is 5. The van der Waals surface area contributed by atoms with E-state index < -0.39 is 18.2 Å². The molecule has 2 atom stereocenters. The molecule has 0 heterocycles. The fourth-order valence-corrected chi connectivity index (χ4v) is 0.602. The van der Waals surface area contributed by atoms with Crippen LogP contribution < -0.4 is 11.5 Å². The van der Waals surface area contributed by atoms with E-state index in [-0.39, 0.29) is 19.4 Å². The maximum atomic E-state index is 12.4. The number of carbonyl (C=O) groups is 1. The van der Waals surface area contributed by atoms with E-state index in [1.807, 2.05) is 0 Å². The van der Waals surface area contributed by atoms with Crippen molar-refractivity contribution in [3.63, 3.8) is 0 Å². The van der Waals surface area contributed by atoms with E-state index in [1.54, 1.807) is 0 Å². The third-order valence-electron chi connectivity index (χ3n) is 1.36. The summed E-state index contributed by atoms with van der Waals surface area (Å²) >= 11 is 0. The quantitative estimate of drug-likeness (QED) is 0.509. The summed E-state index contributed by atoms with van der Waals surface area (Å²) in [5.74, 6) is -1.10. The summed E-state index contributed by atoms with van der Waals surface area (Å²) in [5.41, 5.74) is 10.1. The molecule has 0 saturated carbocycles. The van der Waals surface area contributed by atoms with Gasteiger partial charge in [-0.3, -0.25) is 4.79 Å². The first kappa shape index (κ1) is 10.3. The van der Waals surface area contributed by atoms with Crippen molar-refractivity contribution >= 4 is 5.97 Å². The molecule has 0 aliphatic carbocycles. The first-order valence-electron chi connectivity index (χ1n) is 3.40. The highest BCUT2D eigenvalue weighted by Gasteiger charge is 2.13. The Bertz CT molecular complexity index is 132. The van der Waals surface area contributed by atoms with Crippen LogP contribution in [-0.4, -0.2) is 29.8 Å². The summed E-state index contributed by atoms with van der Waals surface area (Å²) in [6, 6.07) is -0.972. The van der Waals surface area contributed by atoms with Gasteiger partial charge in [-0.1, -0.05) is 0 Å². The number of hydrogen-bond acceptors (Lipinski definition) is 3. The lowest BCUT2D eigenvalue weighted by molar-refractivity contribution is -0.138. The zero-order valence-electron chi connectivity index (χ0n) is 6.16. The third kappa shape index (κ3) is 4.69. The minimum atomic E-state index is -1.14. The second-order valence-corrected chi connectivity index (χ2v) is 2.36. The van der Waals surface area contributed by atoms with Gasteiger partial charge < -0.3 is 16.6 Å². The lowest BCUT2D eigenvalue weighted by Crippen LogP contribution is -2.31. The molecule has 0 aromatic heterocycles. The summed E-state index contributed by atoms with van der Waals surface area (Å²) in [7, 11) is 0. The monoisotopic (exact) mass is 164 g/mol. The molecule has 0 aromatic rings. The zero-order chi connectivity index (χ0) is 8.85. The van der Waals surface area contributed by atoms with Gasteiger partial charge in [0.15, 0.2) is 0 Å².